The molecule has 4 nitrogen and oxygen atoms in total. The van der Waals surface area contributed by atoms with Crippen LogP contribution in [0.4, 0.5) is 22.7 Å². The molecule has 0 aromatic heterocycles. The number of halogens is 4. The van der Waals surface area contributed by atoms with Crippen LogP contribution in [0, 0.1) is 0 Å². The highest BCUT2D eigenvalue weighted by Gasteiger charge is 2.33. The Morgan fingerprint density at radius 3 is 1.68 bits per heavy atom. The van der Waals surface area contributed by atoms with Crippen molar-refractivity contribution >= 4 is 80.7 Å². The molecule has 1 aliphatic rings. The van der Waals surface area contributed by atoms with Crippen LogP contribution in [-0.2, 0) is 0 Å². The lowest BCUT2D eigenvalue weighted by Crippen LogP contribution is -2.22. The minimum Gasteiger partial charge on any atom is -0.353 e. The monoisotopic (exact) mass is 526 g/mol. The first kappa shape index (κ1) is 22.8. The van der Waals surface area contributed by atoms with Gasteiger partial charge in [-0.1, -0.05) is 82.8 Å². The quantitative estimate of drug-likeness (QED) is 0.246. The summed E-state index contributed by atoms with van der Waals surface area (Å²) in [6.07, 6.45) is 0. The van der Waals surface area contributed by atoms with Crippen LogP contribution in [0.25, 0.3) is 0 Å². The van der Waals surface area contributed by atoms with Crippen LogP contribution in [0.15, 0.2) is 72.8 Å². The van der Waals surface area contributed by atoms with Gasteiger partial charge >= 0.3 is 0 Å². The van der Waals surface area contributed by atoms with E-state index < -0.39 is 0 Å². The van der Waals surface area contributed by atoms with E-state index in [9.17, 15) is 9.59 Å². The van der Waals surface area contributed by atoms with Crippen molar-refractivity contribution in [1.29, 1.82) is 0 Å². The summed E-state index contributed by atoms with van der Waals surface area (Å²) in [4.78, 5) is 26.9. The van der Waals surface area contributed by atoms with E-state index in [0.717, 1.165) is 0 Å². The maximum absolute atomic E-state index is 13.6. The number of carbonyl (C=O) groups is 2. The highest BCUT2D eigenvalue weighted by atomic mass is 35.5. The average molecular weight is 528 g/mol. The molecule has 4 aromatic rings. The zero-order valence-electron chi connectivity index (χ0n) is 17.3. The molecule has 0 saturated carbocycles. The van der Waals surface area contributed by atoms with E-state index >= 15 is 0 Å². The Balaban J connectivity index is 1.73. The van der Waals surface area contributed by atoms with E-state index in [1.165, 1.54) is 0 Å². The van der Waals surface area contributed by atoms with Crippen molar-refractivity contribution in [2.45, 2.75) is 0 Å². The Labute approximate surface area is 215 Å². The van der Waals surface area contributed by atoms with E-state index in [4.69, 9.17) is 46.4 Å². The molecular weight excluding hydrogens is 514 g/mol. The number of ketones is 2. The molecule has 4 aromatic carbocycles. The van der Waals surface area contributed by atoms with Crippen molar-refractivity contribution in [3.8, 4) is 0 Å². The first-order valence-corrected chi connectivity index (χ1v) is 11.7. The third-order valence-corrected chi connectivity index (χ3v) is 7.16. The van der Waals surface area contributed by atoms with Crippen LogP contribution in [0.5, 0.6) is 0 Å². The third-order valence-electron chi connectivity index (χ3n) is 5.53. The SMILES string of the molecule is O=C1c2ccccc2C(=O)c2c1ccc(Nc1cccc(Cl)c1Cl)c2Nc1cccc(Cl)c1Cl. The van der Waals surface area contributed by atoms with Gasteiger partial charge in [-0.2, -0.15) is 0 Å². The summed E-state index contributed by atoms with van der Waals surface area (Å²) in [5, 5.41) is 7.76. The molecule has 0 atom stereocenters. The molecule has 0 saturated heterocycles. The summed E-state index contributed by atoms with van der Waals surface area (Å²) in [5.74, 6) is -0.524. The minimum atomic E-state index is -0.285. The molecule has 0 unspecified atom stereocenters. The van der Waals surface area contributed by atoms with Gasteiger partial charge in [-0.3, -0.25) is 9.59 Å². The van der Waals surface area contributed by atoms with Gasteiger partial charge in [-0.25, -0.2) is 0 Å². The minimum absolute atomic E-state index is 0.225. The lowest BCUT2D eigenvalue weighted by molar-refractivity contribution is 0.0980. The van der Waals surface area contributed by atoms with E-state index in [-0.39, 0.29) is 27.7 Å². The molecule has 0 spiro atoms. The van der Waals surface area contributed by atoms with Gasteiger partial charge in [-0.05, 0) is 36.4 Å². The number of benzene rings is 4. The van der Waals surface area contributed by atoms with Crippen LogP contribution in [0.1, 0.15) is 31.8 Å². The number of rotatable bonds is 4. The lowest BCUT2D eigenvalue weighted by Gasteiger charge is -2.24. The lowest BCUT2D eigenvalue weighted by atomic mass is 9.82. The van der Waals surface area contributed by atoms with Crippen LogP contribution < -0.4 is 10.6 Å². The van der Waals surface area contributed by atoms with Gasteiger partial charge in [0.2, 0.25) is 0 Å². The molecule has 5 rings (SSSR count). The Kier molecular flexibility index (Phi) is 6.00. The van der Waals surface area contributed by atoms with Crippen molar-refractivity contribution < 1.29 is 9.59 Å². The maximum Gasteiger partial charge on any atom is 0.196 e. The number of carbonyl (C=O) groups excluding carboxylic acids is 2. The second-order valence-corrected chi connectivity index (χ2v) is 9.14. The predicted molar refractivity (Wildman–Crippen MR) is 139 cm³/mol. The zero-order chi connectivity index (χ0) is 24.0. The topological polar surface area (TPSA) is 58.2 Å². The van der Waals surface area contributed by atoms with Gasteiger partial charge < -0.3 is 10.6 Å². The van der Waals surface area contributed by atoms with Gasteiger partial charge in [0.05, 0.1) is 48.4 Å². The molecule has 0 heterocycles. The fourth-order valence-corrected chi connectivity index (χ4v) is 4.60. The van der Waals surface area contributed by atoms with Gasteiger partial charge in [-0.15, -0.1) is 0 Å². The van der Waals surface area contributed by atoms with Crippen LogP contribution in [0.3, 0.4) is 0 Å². The fourth-order valence-electron chi connectivity index (χ4n) is 3.90. The first-order chi connectivity index (χ1) is 16.4. The van der Waals surface area contributed by atoms with Crippen molar-refractivity contribution in [3.63, 3.8) is 0 Å². The molecular formula is C26H14Cl4N2O2. The molecule has 0 aliphatic heterocycles. The fraction of sp³-hybridized carbons (Fsp3) is 0. The smallest absolute Gasteiger partial charge is 0.196 e. The summed E-state index contributed by atoms with van der Waals surface area (Å²) < 4.78 is 0. The molecule has 1 aliphatic carbocycles. The molecule has 0 bridgehead atoms. The van der Waals surface area contributed by atoms with E-state index in [0.29, 0.717) is 48.9 Å². The highest BCUT2D eigenvalue weighted by Crippen LogP contribution is 2.42. The number of anilines is 4. The van der Waals surface area contributed by atoms with Crippen molar-refractivity contribution in [2.75, 3.05) is 10.6 Å². The van der Waals surface area contributed by atoms with E-state index in [1.807, 2.05) is 0 Å². The second-order valence-electron chi connectivity index (χ2n) is 7.57. The summed E-state index contributed by atoms with van der Waals surface area (Å²) in [5.41, 5.74) is 3.08. The first-order valence-electron chi connectivity index (χ1n) is 10.1. The van der Waals surface area contributed by atoms with Crippen molar-refractivity contribution in [3.05, 3.63) is 115 Å². The van der Waals surface area contributed by atoms with E-state index in [2.05, 4.69) is 10.6 Å². The summed E-state index contributed by atoms with van der Waals surface area (Å²) in [6, 6.07) is 20.4. The van der Waals surface area contributed by atoms with Crippen LogP contribution >= 0.6 is 46.4 Å². The van der Waals surface area contributed by atoms with Crippen LogP contribution in [0.2, 0.25) is 20.1 Å². The Hall–Kier alpha value is -3.02. The molecule has 0 radical (unpaired) electrons. The zero-order valence-corrected chi connectivity index (χ0v) is 20.3. The van der Waals surface area contributed by atoms with Gasteiger partial charge in [0.1, 0.15) is 0 Å². The number of hydrogen-bond donors (Lipinski definition) is 2. The summed E-state index contributed by atoms with van der Waals surface area (Å²) in [6.45, 7) is 0. The second kappa shape index (κ2) is 8.97. The standard InChI is InChI=1S/C26H14Cl4N2O2/c27-16-7-3-9-18(22(16)29)31-20-12-11-15-21(24(20)32-19-10-4-8-17(28)23(19)30)26(34)14-6-2-1-5-13(14)25(15)33/h1-12,31-32H. The average Bonchev–Trinajstić information content (AvgIpc) is 2.84. The normalized spacial score (nSPS) is 12.2. The Morgan fingerprint density at radius 1 is 0.500 bits per heavy atom. The summed E-state index contributed by atoms with van der Waals surface area (Å²) in [7, 11) is 0. The van der Waals surface area contributed by atoms with Gasteiger partial charge in [0, 0.05) is 16.7 Å². The molecule has 0 amide bonds. The Morgan fingerprint density at radius 2 is 1.06 bits per heavy atom. The molecule has 34 heavy (non-hydrogen) atoms. The number of hydrogen-bond acceptors (Lipinski definition) is 4. The third kappa shape index (κ3) is 3.83. The largest absolute Gasteiger partial charge is 0.353 e. The predicted octanol–water partition coefficient (Wildman–Crippen LogP) is 8.56. The summed E-state index contributed by atoms with van der Waals surface area (Å²) >= 11 is 25.2. The molecule has 168 valence electrons. The Bertz CT molecular complexity index is 1500. The van der Waals surface area contributed by atoms with Crippen molar-refractivity contribution in [2.24, 2.45) is 0 Å². The van der Waals surface area contributed by atoms with Gasteiger partial charge in [0.15, 0.2) is 11.6 Å². The highest BCUT2D eigenvalue weighted by molar-refractivity contribution is 6.44. The number of fused-ring (bicyclic) bond motifs is 2. The number of nitrogens with one attached hydrogen (secondary N) is 2. The van der Waals surface area contributed by atoms with Crippen LogP contribution in [-0.4, -0.2) is 11.6 Å². The molecule has 8 heteroatoms. The van der Waals surface area contributed by atoms with Gasteiger partial charge in [0.25, 0.3) is 0 Å². The molecule has 2 N–H and O–H groups in total. The van der Waals surface area contributed by atoms with Crippen molar-refractivity contribution in [1.82, 2.24) is 0 Å². The molecule has 0 fully saturated rings. The maximum atomic E-state index is 13.6. The van der Waals surface area contributed by atoms with E-state index in [1.54, 1.807) is 72.8 Å².